The summed E-state index contributed by atoms with van der Waals surface area (Å²) in [7, 11) is 1.59. The molecule has 3 nitrogen and oxygen atoms in total. The molecule has 0 radical (unpaired) electrons. The van der Waals surface area contributed by atoms with E-state index < -0.39 is 5.69 Å². The molecule has 0 heterocycles. The van der Waals surface area contributed by atoms with E-state index in [1.54, 1.807) is 14.0 Å². The van der Waals surface area contributed by atoms with Crippen molar-refractivity contribution in [1.82, 2.24) is 0 Å². The van der Waals surface area contributed by atoms with Gasteiger partial charge in [0.05, 0.1) is 6.61 Å². The average molecular weight is 254 g/mol. The van der Waals surface area contributed by atoms with Gasteiger partial charge in [0.15, 0.2) is 0 Å². The molecule has 0 aromatic rings. The van der Waals surface area contributed by atoms with Crippen LogP contribution in [0.5, 0.6) is 0 Å². The van der Waals surface area contributed by atoms with Crippen LogP contribution in [-0.4, -0.2) is 26.1 Å². The van der Waals surface area contributed by atoms with Crippen LogP contribution in [0, 0.1) is 0 Å². The number of rotatable bonds is 6. The van der Waals surface area contributed by atoms with Crippen LogP contribution in [0.2, 0.25) is 0 Å². The van der Waals surface area contributed by atoms with Gasteiger partial charge in [-0.05, 0) is 6.92 Å². The maximum absolute atomic E-state index is 11.2. The van der Waals surface area contributed by atoms with Crippen molar-refractivity contribution in [2.24, 2.45) is 0 Å². The van der Waals surface area contributed by atoms with Crippen molar-refractivity contribution in [3.05, 3.63) is 0 Å². The molecule has 1 atom stereocenters. The molecular weight excluding hydrogens is 242 g/mol. The van der Waals surface area contributed by atoms with E-state index >= 15 is 0 Å². The van der Waals surface area contributed by atoms with Crippen molar-refractivity contribution in [2.45, 2.75) is 6.92 Å². The Bertz CT molecular complexity index is 147. The van der Waals surface area contributed by atoms with Gasteiger partial charge in [0.2, 0.25) is 0 Å². The third-order valence-electron chi connectivity index (χ3n) is 0.824. The zero-order valence-electron chi connectivity index (χ0n) is 7.61. The standard InChI is InChI=1S/C5H13O3PS2.K/c1-3-8-9(6,10)11-5-4-7-2;/h3-5H2,1-2H3,(H,6,10);/q;+1/p-1. The van der Waals surface area contributed by atoms with E-state index in [0.29, 0.717) is 19.0 Å². The number of methoxy groups -OCH3 is 1. The van der Waals surface area contributed by atoms with E-state index in [0.717, 1.165) is 11.4 Å². The summed E-state index contributed by atoms with van der Waals surface area (Å²) in [6.07, 6.45) is 0. The molecule has 7 heteroatoms. The van der Waals surface area contributed by atoms with Crippen LogP contribution in [0.25, 0.3) is 0 Å². The summed E-state index contributed by atoms with van der Waals surface area (Å²) in [5.74, 6) is 0.622. The molecule has 1 unspecified atom stereocenters. The van der Waals surface area contributed by atoms with Crippen LogP contribution >= 0.6 is 17.1 Å². The monoisotopic (exact) mass is 254 g/mol. The van der Waals surface area contributed by atoms with Crippen molar-refractivity contribution in [3.63, 3.8) is 0 Å². The predicted molar refractivity (Wildman–Crippen MR) is 50.2 cm³/mol. The molecule has 0 aromatic heterocycles. The molecule has 0 aliphatic heterocycles. The van der Waals surface area contributed by atoms with Gasteiger partial charge in [-0.2, -0.15) is 0 Å². The first-order valence-electron chi connectivity index (χ1n) is 3.21. The number of hydrogen-bond acceptors (Lipinski definition) is 5. The Morgan fingerprint density at radius 2 is 2.17 bits per heavy atom. The van der Waals surface area contributed by atoms with Gasteiger partial charge < -0.3 is 14.2 Å². The van der Waals surface area contributed by atoms with Gasteiger partial charge in [-0.3, -0.25) is 0 Å². The van der Waals surface area contributed by atoms with Gasteiger partial charge in [-0.25, -0.2) is 0 Å². The van der Waals surface area contributed by atoms with Crippen molar-refractivity contribution in [3.8, 4) is 0 Å². The molecule has 0 saturated carbocycles. The minimum Gasteiger partial charge on any atom is -0.793 e. The van der Waals surface area contributed by atoms with E-state index in [2.05, 4.69) is 0 Å². The fraction of sp³-hybridized carbons (Fsp3) is 1.00. The molecule has 0 aliphatic carbocycles. The number of hydrogen-bond donors (Lipinski definition) is 0. The largest absolute Gasteiger partial charge is 1.00 e. The minimum atomic E-state index is -2.80. The SMILES string of the molecule is CCOP([O-])(=S)SCCOC.[K+]. The van der Waals surface area contributed by atoms with Gasteiger partial charge in [-0.15, -0.1) is 11.4 Å². The predicted octanol–water partition coefficient (Wildman–Crippen LogP) is -2.01. The Kier molecular flexibility index (Phi) is 14.2. The molecule has 0 N–H and O–H groups in total. The molecule has 0 bridgehead atoms. The normalized spacial score (nSPS) is 14.9. The van der Waals surface area contributed by atoms with Gasteiger partial charge in [0.25, 0.3) is 0 Å². The second-order valence-electron chi connectivity index (χ2n) is 1.69. The molecule has 0 saturated heterocycles. The number of ether oxygens (including phenoxy) is 1. The van der Waals surface area contributed by atoms with Crippen molar-refractivity contribution < 1.29 is 65.5 Å². The van der Waals surface area contributed by atoms with Crippen molar-refractivity contribution in [1.29, 1.82) is 0 Å². The quantitative estimate of drug-likeness (QED) is 0.311. The minimum absolute atomic E-state index is 0. The molecule has 0 fully saturated rings. The van der Waals surface area contributed by atoms with Crippen LogP contribution in [0.15, 0.2) is 0 Å². The molecule has 0 aromatic carbocycles. The molecule has 0 rings (SSSR count). The van der Waals surface area contributed by atoms with E-state index in [1.165, 1.54) is 0 Å². The van der Waals surface area contributed by atoms with Crippen molar-refractivity contribution in [2.75, 3.05) is 26.1 Å². The Morgan fingerprint density at radius 3 is 2.58 bits per heavy atom. The summed E-state index contributed by atoms with van der Waals surface area (Å²) in [6.45, 7) is 2.73. The first-order chi connectivity index (χ1) is 5.12. The summed E-state index contributed by atoms with van der Waals surface area (Å²) in [5.41, 5.74) is -2.80. The van der Waals surface area contributed by atoms with Gasteiger partial charge in [0.1, 0.15) is 0 Å². The summed E-state index contributed by atoms with van der Waals surface area (Å²) in [6, 6.07) is 0. The molecule has 0 aliphatic rings. The van der Waals surface area contributed by atoms with Crippen LogP contribution in [0.4, 0.5) is 0 Å². The molecule has 0 amide bonds. The maximum atomic E-state index is 11.2. The Balaban J connectivity index is 0. The van der Waals surface area contributed by atoms with Gasteiger partial charge >= 0.3 is 51.4 Å². The Labute approximate surface area is 125 Å². The fourth-order valence-corrected chi connectivity index (χ4v) is 3.70. The fourth-order valence-electron chi connectivity index (χ4n) is 0.428. The first kappa shape index (κ1) is 16.9. The smallest absolute Gasteiger partial charge is 0.793 e. The zero-order chi connectivity index (χ0) is 8.74. The topological polar surface area (TPSA) is 41.5 Å². The summed E-state index contributed by atoms with van der Waals surface area (Å²) >= 11 is 5.85. The second-order valence-corrected chi connectivity index (χ2v) is 7.86. The Morgan fingerprint density at radius 1 is 1.58 bits per heavy atom. The second kappa shape index (κ2) is 10.0. The summed E-state index contributed by atoms with van der Waals surface area (Å²) in [4.78, 5) is 11.2. The Hall–Kier alpha value is 2.52. The molecule has 0 spiro atoms. The van der Waals surface area contributed by atoms with Crippen molar-refractivity contribution >= 4 is 28.9 Å². The summed E-state index contributed by atoms with van der Waals surface area (Å²) < 4.78 is 9.63. The van der Waals surface area contributed by atoms with Crippen LogP contribution < -0.4 is 56.3 Å². The summed E-state index contributed by atoms with van der Waals surface area (Å²) in [5, 5.41) is 0. The first-order valence-corrected chi connectivity index (χ1v) is 7.44. The van der Waals surface area contributed by atoms with E-state index in [4.69, 9.17) is 21.1 Å². The maximum Gasteiger partial charge on any atom is 1.00 e. The third kappa shape index (κ3) is 10.6. The molecule has 68 valence electrons. The van der Waals surface area contributed by atoms with E-state index in [9.17, 15) is 4.89 Å². The third-order valence-corrected chi connectivity index (χ3v) is 5.14. The van der Waals surface area contributed by atoms with Crippen LogP contribution in [0.3, 0.4) is 0 Å². The molecule has 12 heavy (non-hydrogen) atoms. The molecular formula is C5H12KO3PS2. The van der Waals surface area contributed by atoms with E-state index in [-0.39, 0.29) is 51.4 Å². The van der Waals surface area contributed by atoms with Crippen LogP contribution in [0.1, 0.15) is 6.92 Å². The van der Waals surface area contributed by atoms with Crippen LogP contribution in [-0.2, 0) is 21.1 Å². The zero-order valence-corrected chi connectivity index (χ0v) is 13.3. The average Bonchev–Trinajstić information content (AvgIpc) is 1.87. The van der Waals surface area contributed by atoms with Gasteiger partial charge in [0, 0.05) is 25.2 Å². The van der Waals surface area contributed by atoms with E-state index in [1.807, 2.05) is 0 Å². The van der Waals surface area contributed by atoms with Gasteiger partial charge in [-0.1, -0.05) is 11.8 Å².